The third-order valence-corrected chi connectivity index (χ3v) is 2.62. The summed E-state index contributed by atoms with van der Waals surface area (Å²) in [6.45, 7) is -0.300. The van der Waals surface area contributed by atoms with E-state index in [1.54, 1.807) is 12.1 Å². The van der Waals surface area contributed by atoms with E-state index in [2.05, 4.69) is 20.1 Å². The molecule has 1 aliphatic rings. The zero-order chi connectivity index (χ0) is 13.8. The number of rotatable bonds is 4. The van der Waals surface area contributed by atoms with Crippen LogP contribution in [0.4, 0.5) is 0 Å². The van der Waals surface area contributed by atoms with Crippen molar-refractivity contribution in [2.24, 2.45) is 10.2 Å². The van der Waals surface area contributed by atoms with E-state index in [0.29, 0.717) is 0 Å². The van der Waals surface area contributed by atoms with Crippen molar-refractivity contribution < 1.29 is 9.59 Å². The van der Waals surface area contributed by atoms with Crippen molar-refractivity contribution in [1.82, 2.24) is 4.90 Å². The van der Waals surface area contributed by atoms with E-state index in [-0.39, 0.29) is 17.7 Å². The normalized spacial score (nSPS) is 14.4. The Morgan fingerprint density at radius 2 is 1.68 bits per heavy atom. The van der Waals surface area contributed by atoms with Gasteiger partial charge in [0.2, 0.25) is 0 Å². The third-order valence-electron chi connectivity index (χ3n) is 2.62. The van der Waals surface area contributed by atoms with Crippen LogP contribution in [-0.2, 0) is 0 Å². The molecule has 0 radical (unpaired) electrons. The predicted molar refractivity (Wildman–Crippen MR) is 63.9 cm³/mol. The average Bonchev–Trinajstić information content (AvgIpc) is 2.68. The molecule has 0 fully saturated rings. The zero-order valence-electron chi connectivity index (χ0n) is 9.54. The van der Waals surface area contributed by atoms with Crippen molar-refractivity contribution in [2.45, 2.75) is 6.17 Å². The van der Waals surface area contributed by atoms with Gasteiger partial charge in [-0.2, -0.15) is 0 Å². The summed E-state index contributed by atoms with van der Waals surface area (Å²) in [4.78, 5) is 30.0. The lowest BCUT2D eigenvalue weighted by molar-refractivity contribution is 0.0594. The fourth-order valence-corrected chi connectivity index (χ4v) is 1.82. The molecule has 0 aromatic heterocycles. The SMILES string of the molecule is [N-]=[N+]=NCC(N=[N+]=[N-])N1C(=O)c2ccccc2C1=O. The number of nitrogens with zero attached hydrogens (tertiary/aromatic N) is 7. The van der Waals surface area contributed by atoms with Crippen LogP contribution >= 0.6 is 0 Å². The Labute approximate surface area is 106 Å². The molecule has 94 valence electrons. The second-order valence-electron chi connectivity index (χ2n) is 3.62. The summed E-state index contributed by atoms with van der Waals surface area (Å²) < 4.78 is 0. The van der Waals surface area contributed by atoms with E-state index < -0.39 is 18.0 Å². The summed E-state index contributed by atoms with van der Waals surface area (Å²) in [5.74, 6) is -1.13. The topological polar surface area (TPSA) is 135 Å². The molecule has 1 aliphatic heterocycles. The van der Waals surface area contributed by atoms with Gasteiger partial charge in [0.05, 0.1) is 17.7 Å². The van der Waals surface area contributed by atoms with Crippen molar-refractivity contribution in [3.63, 3.8) is 0 Å². The van der Waals surface area contributed by atoms with Gasteiger partial charge >= 0.3 is 0 Å². The van der Waals surface area contributed by atoms with Gasteiger partial charge < -0.3 is 0 Å². The van der Waals surface area contributed by atoms with Gasteiger partial charge in [-0.1, -0.05) is 22.4 Å². The van der Waals surface area contributed by atoms with Gasteiger partial charge in [0, 0.05) is 9.82 Å². The summed E-state index contributed by atoms with van der Waals surface area (Å²) in [7, 11) is 0. The monoisotopic (exact) mass is 257 g/mol. The highest BCUT2D eigenvalue weighted by Gasteiger charge is 2.39. The fraction of sp³-hybridized carbons (Fsp3) is 0.200. The minimum absolute atomic E-state index is 0.242. The molecule has 0 bridgehead atoms. The third kappa shape index (κ3) is 2.06. The van der Waals surface area contributed by atoms with Gasteiger partial charge in [-0.05, 0) is 23.2 Å². The lowest BCUT2D eigenvalue weighted by Crippen LogP contribution is -2.40. The van der Waals surface area contributed by atoms with E-state index in [0.717, 1.165) is 4.90 Å². The van der Waals surface area contributed by atoms with Crippen molar-refractivity contribution in [3.8, 4) is 0 Å². The van der Waals surface area contributed by atoms with Crippen LogP contribution in [0.25, 0.3) is 20.9 Å². The number of amides is 2. The number of benzene rings is 1. The van der Waals surface area contributed by atoms with Gasteiger partial charge in [0.1, 0.15) is 6.17 Å². The molecule has 0 saturated heterocycles. The molecule has 1 atom stereocenters. The average molecular weight is 257 g/mol. The van der Waals surface area contributed by atoms with E-state index >= 15 is 0 Å². The van der Waals surface area contributed by atoms with Crippen LogP contribution in [0.1, 0.15) is 20.7 Å². The number of hydrogen-bond acceptors (Lipinski definition) is 4. The molecule has 19 heavy (non-hydrogen) atoms. The zero-order valence-corrected chi connectivity index (χ0v) is 9.54. The molecule has 9 heteroatoms. The number of carbonyl (C=O) groups is 2. The van der Waals surface area contributed by atoms with E-state index in [4.69, 9.17) is 11.1 Å². The highest BCUT2D eigenvalue weighted by molar-refractivity contribution is 6.21. The van der Waals surface area contributed by atoms with Crippen LogP contribution in [0.3, 0.4) is 0 Å². The van der Waals surface area contributed by atoms with E-state index in [1.807, 2.05) is 0 Å². The molecule has 1 aromatic rings. The summed E-state index contributed by atoms with van der Waals surface area (Å²) in [6.07, 6.45) is -1.16. The molecule has 0 saturated carbocycles. The van der Waals surface area contributed by atoms with Crippen LogP contribution in [0.5, 0.6) is 0 Å². The Morgan fingerprint density at radius 1 is 1.11 bits per heavy atom. The fourth-order valence-electron chi connectivity index (χ4n) is 1.82. The molecule has 2 rings (SSSR count). The highest BCUT2D eigenvalue weighted by Crippen LogP contribution is 2.25. The van der Waals surface area contributed by atoms with Crippen LogP contribution < -0.4 is 0 Å². The second-order valence-corrected chi connectivity index (χ2v) is 3.62. The molecule has 1 heterocycles. The molecular weight excluding hydrogens is 250 g/mol. The van der Waals surface area contributed by atoms with Gasteiger partial charge in [-0.15, -0.1) is 0 Å². The van der Waals surface area contributed by atoms with Gasteiger partial charge in [0.15, 0.2) is 0 Å². The van der Waals surface area contributed by atoms with Crippen molar-refractivity contribution >= 4 is 11.8 Å². The minimum Gasteiger partial charge on any atom is -0.269 e. The first-order valence-electron chi connectivity index (χ1n) is 5.22. The molecular formula is C10H7N7O2. The highest BCUT2D eigenvalue weighted by atomic mass is 16.2. The first-order chi connectivity index (χ1) is 9.20. The van der Waals surface area contributed by atoms with Gasteiger partial charge in [-0.3, -0.25) is 14.5 Å². The molecule has 0 aliphatic carbocycles. The van der Waals surface area contributed by atoms with Crippen LogP contribution in [0.2, 0.25) is 0 Å². The maximum Gasteiger partial charge on any atom is 0.261 e. The molecule has 1 aromatic carbocycles. The number of fused-ring (bicyclic) bond motifs is 1. The minimum atomic E-state index is -1.16. The number of hydrogen-bond donors (Lipinski definition) is 0. The Balaban J connectivity index is 2.41. The molecule has 0 spiro atoms. The number of azide groups is 2. The quantitative estimate of drug-likeness (QED) is 0.353. The van der Waals surface area contributed by atoms with Gasteiger partial charge in [0.25, 0.3) is 11.8 Å². The van der Waals surface area contributed by atoms with Crippen LogP contribution in [-0.4, -0.2) is 29.4 Å². The van der Waals surface area contributed by atoms with Crippen molar-refractivity contribution in [2.75, 3.05) is 6.54 Å². The van der Waals surface area contributed by atoms with Crippen LogP contribution in [0, 0.1) is 0 Å². The molecule has 9 nitrogen and oxygen atoms in total. The molecule has 1 unspecified atom stereocenters. The summed E-state index contributed by atoms with van der Waals surface area (Å²) in [5.41, 5.74) is 17.2. The molecule has 0 N–H and O–H groups in total. The Kier molecular flexibility index (Phi) is 3.33. The molecule has 2 amide bonds. The maximum atomic E-state index is 12.1. The first-order valence-corrected chi connectivity index (χ1v) is 5.22. The Morgan fingerprint density at radius 3 is 2.16 bits per heavy atom. The lowest BCUT2D eigenvalue weighted by atomic mass is 10.1. The predicted octanol–water partition coefficient (Wildman–Crippen LogP) is 2.23. The van der Waals surface area contributed by atoms with Crippen LogP contribution in [0.15, 0.2) is 34.5 Å². The Bertz CT molecular complexity index is 608. The maximum absolute atomic E-state index is 12.1. The van der Waals surface area contributed by atoms with E-state index in [1.165, 1.54) is 12.1 Å². The summed E-state index contributed by atoms with van der Waals surface area (Å²) in [6, 6.07) is 6.28. The number of carbonyl (C=O) groups excluding carboxylic acids is 2. The summed E-state index contributed by atoms with van der Waals surface area (Å²) >= 11 is 0. The van der Waals surface area contributed by atoms with Gasteiger partial charge in [-0.25, -0.2) is 0 Å². The smallest absolute Gasteiger partial charge is 0.261 e. The second kappa shape index (κ2) is 5.09. The largest absolute Gasteiger partial charge is 0.269 e. The summed E-state index contributed by atoms with van der Waals surface area (Å²) in [5, 5.41) is 6.56. The first kappa shape index (κ1) is 12.4. The standard InChI is InChI=1S/C10H7N7O2/c11-15-13-5-8(14-16-12)17-9(18)6-3-1-2-4-7(6)10(17)19/h1-4,8H,5H2. The Hall–Kier alpha value is -3.02. The van der Waals surface area contributed by atoms with E-state index in [9.17, 15) is 9.59 Å². The van der Waals surface area contributed by atoms with Crippen molar-refractivity contribution in [3.05, 3.63) is 56.3 Å². The van der Waals surface area contributed by atoms with Crippen molar-refractivity contribution in [1.29, 1.82) is 0 Å². The number of imide groups is 1. The lowest BCUT2D eigenvalue weighted by Gasteiger charge is -2.19.